The van der Waals surface area contributed by atoms with Crippen LogP contribution in [0.4, 0.5) is 5.95 Å². The van der Waals surface area contributed by atoms with Crippen molar-refractivity contribution in [3.63, 3.8) is 0 Å². The molecule has 0 aliphatic carbocycles. The van der Waals surface area contributed by atoms with E-state index in [1.165, 1.54) is 16.3 Å². The minimum absolute atomic E-state index is 0.0242. The molecule has 13 nitrogen and oxygen atoms in total. The number of hydrogen-bond acceptors (Lipinski definition) is 12. The normalized spacial score (nSPS) is 29.1. The van der Waals surface area contributed by atoms with E-state index in [0.717, 1.165) is 5.56 Å². The second-order valence-corrected chi connectivity index (χ2v) is 9.66. The largest absolute Gasteiger partial charge is 0.756 e. The number of imidazole rings is 1. The molecule has 2 aliphatic heterocycles. The third kappa shape index (κ3) is 4.04. The number of aromatic amines is 1. The second kappa shape index (κ2) is 8.23. The van der Waals surface area contributed by atoms with Crippen LogP contribution in [0.1, 0.15) is 17.4 Å². The third-order valence-electron chi connectivity index (χ3n) is 5.20. The van der Waals surface area contributed by atoms with E-state index >= 15 is 0 Å². The van der Waals surface area contributed by atoms with Crippen LogP contribution in [0, 0.1) is 11.3 Å². The molecule has 1 aromatic carbocycles. The summed E-state index contributed by atoms with van der Waals surface area (Å²) in [6.45, 7) is -0.324. The SMILES string of the molecule is N#Cc1ccc(CSc2nc3c(=O)[nH]c(N)nc3n2[C@@H]2OC3COP(=O)([O-])O[C@H]3C2O)cc1. The highest BCUT2D eigenvalue weighted by molar-refractivity contribution is 7.98. The predicted octanol–water partition coefficient (Wildman–Crippen LogP) is 0.00788. The van der Waals surface area contributed by atoms with Crippen molar-refractivity contribution in [1.29, 1.82) is 5.26 Å². The number of ether oxygens (including phenoxy) is 1. The number of anilines is 1. The van der Waals surface area contributed by atoms with Gasteiger partial charge in [0.1, 0.15) is 18.3 Å². The van der Waals surface area contributed by atoms with Gasteiger partial charge in [-0.15, -0.1) is 0 Å². The van der Waals surface area contributed by atoms with Crippen LogP contribution in [0.15, 0.2) is 34.2 Å². The summed E-state index contributed by atoms with van der Waals surface area (Å²) in [6.07, 6.45) is -4.64. The van der Waals surface area contributed by atoms with Gasteiger partial charge >= 0.3 is 0 Å². The fourth-order valence-electron chi connectivity index (χ4n) is 3.68. The van der Waals surface area contributed by atoms with Gasteiger partial charge in [0.25, 0.3) is 13.4 Å². The Morgan fingerprint density at radius 1 is 1.39 bits per heavy atom. The Bertz CT molecular complexity index is 1370. The minimum atomic E-state index is -4.57. The molecule has 4 heterocycles. The number of nitrogens with two attached hydrogens (primary N) is 1. The molecule has 2 saturated heterocycles. The van der Waals surface area contributed by atoms with E-state index in [0.29, 0.717) is 11.3 Å². The Balaban J connectivity index is 1.53. The average molecular weight is 491 g/mol. The van der Waals surface area contributed by atoms with E-state index in [9.17, 15) is 19.4 Å². The average Bonchev–Trinajstić information content (AvgIpc) is 3.29. The molecule has 5 atom stereocenters. The number of phosphoric acid groups is 1. The molecule has 0 bridgehead atoms. The predicted molar refractivity (Wildman–Crippen MR) is 112 cm³/mol. The summed E-state index contributed by atoms with van der Waals surface area (Å²) >= 11 is 1.23. The smallest absolute Gasteiger partial charge is 0.280 e. The lowest BCUT2D eigenvalue weighted by molar-refractivity contribution is -0.245. The Kier molecular flexibility index (Phi) is 5.50. The second-order valence-electron chi connectivity index (χ2n) is 7.35. The van der Waals surface area contributed by atoms with E-state index < -0.39 is 37.9 Å². The number of thioether (sulfide) groups is 1. The molecule has 15 heteroatoms. The van der Waals surface area contributed by atoms with Crippen molar-refractivity contribution >= 4 is 36.7 Å². The third-order valence-corrected chi connectivity index (χ3v) is 7.19. The first-order valence-electron chi connectivity index (χ1n) is 9.63. The fraction of sp³-hybridized carbons (Fsp3) is 0.333. The van der Waals surface area contributed by atoms with Crippen molar-refractivity contribution in [1.82, 2.24) is 19.5 Å². The summed E-state index contributed by atoms with van der Waals surface area (Å²) in [7, 11) is -4.57. The summed E-state index contributed by atoms with van der Waals surface area (Å²) in [5.41, 5.74) is 6.57. The highest BCUT2D eigenvalue weighted by atomic mass is 32.2. The van der Waals surface area contributed by atoms with Crippen LogP contribution in [-0.4, -0.2) is 49.5 Å². The Labute approximate surface area is 189 Å². The van der Waals surface area contributed by atoms with Crippen LogP contribution in [0.25, 0.3) is 11.2 Å². The monoisotopic (exact) mass is 491 g/mol. The molecular weight excluding hydrogens is 475 g/mol. The van der Waals surface area contributed by atoms with Crippen molar-refractivity contribution < 1.29 is 28.3 Å². The number of benzene rings is 1. The highest BCUT2D eigenvalue weighted by Crippen LogP contribution is 2.50. The Morgan fingerprint density at radius 2 is 2.15 bits per heavy atom. The van der Waals surface area contributed by atoms with E-state index in [1.807, 2.05) is 6.07 Å². The zero-order valence-electron chi connectivity index (χ0n) is 16.7. The number of rotatable bonds is 4. The zero-order valence-corrected chi connectivity index (χ0v) is 18.4. The number of aliphatic hydroxyl groups is 1. The van der Waals surface area contributed by atoms with Crippen LogP contribution >= 0.6 is 19.6 Å². The van der Waals surface area contributed by atoms with Crippen molar-refractivity contribution in [3.05, 3.63) is 45.7 Å². The summed E-state index contributed by atoms with van der Waals surface area (Å²) in [5.74, 6) is 0.249. The number of fused-ring (bicyclic) bond motifs is 2. The van der Waals surface area contributed by atoms with E-state index in [1.54, 1.807) is 24.3 Å². The maximum Gasteiger partial charge on any atom is 0.280 e. The number of nitrogens with zero attached hydrogens (tertiary/aromatic N) is 4. The first kappa shape index (κ1) is 22.1. The van der Waals surface area contributed by atoms with Gasteiger partial charge in [0.05, 0.1) is 18.2 Å². The van der Waals surface area contributed by atoms with Crippen LogP contribution in [0.3, 0.4) is 0 Å². The summed E-state index contributed by atoms with van der Waals surface area (Å²) in [6, 6.07) is 8.98. The van der Waals surface area contributed by atoms with Crippen LogP contribution in [0.2, 0.25) is 0 Å². The molecular formula is C18H16N6O7PS-. The maximum absolute atomic E-state index is 12.4. The van der Waals surface area contributed by atoms with Gasteiger partial charge < -0.3 is 29.5 Å². The zero-order chi connectivity index (χ0) is 23.3. The topological polar surface area (TPSA) is 201 Å². The van der Waals surface area contributed by atoms with Gasteiger partial charge in [0.2, 0.25) is 5.95 Å². The number of hydrogen-bond donors (Lipinski definition) is 3. The van der Waals surface area contributed by atoms with E-state index in [-0.39, 0.29) is 28.9 Å². The molecule has 33 heavy (non-hydrogen) atoms. The number of phosphoric ester groups is 1. The first-order chi connectivity index (χ1) is 15.8. The standard InChI is InChI=1S/C18H17N6O7PS/c19-5-8-1-3-9(4-2-8)7-33-18-21-11-14(22-17(20)23-15(11)26)24(18)16-12(25)13-10(30-16)6-29-32(27,28)31-13/h1-4,10,12-13,16,25H,6-7H2,(H,27,28)(H3,20,22,23,26)/p-1/t10?,12?,13-,16-/m1/s1. The fourth-order valence-corrected chi connectivity index (χ4v) is 5.60. The summed E-state index contributed by atoms with van der Waals surface area (Å²) in [4.78, 5) is 35.0. The molecule has 0 spiro atoms. The molecule has 2 fully saturated rings. The number of nitriles is 1. The summed E-state index contributed by atoms with van der Waals surface area (Å²) in [5, 5.41) is 20.1. The molecule has 0 radical (unpaired) electrons. The molecule has 2 aromatic heterocycles. The molecule has 2 aliphatic rings. The number of aromatic nitrogens is 4. The Hall–Kier alpha value is -2.76. The molecule has 0 saturated carbocycles. The molecule has 4 N–H and O–H groups in total. The van der Waals surface area contributed by atoms with E-state index in [2.05, 4.69) is 19.5 Å². The minimum Gasteiger partial charge on any atom is -0.756 e. The van der Waals surface area contributed by atoms with Gasteiger partial charge in [-0.1, -0.05) is 23.9 Å². The highest BCUT2D eigenvalue weighted by Gasteiger charge is 2.51. The lowest BCUT2D eigenvalue weighted by atomic mass is 10.1. The number of nitrogens with one attached hydrogen (secondary N) is 1. The maximum atomic E-state index is 12.4. The quantitative estimate of drug-likeness (QED) is 0.326. The molecule has 5 rings (SSSR count). The van der Waals surface area contributed by atoms with Crippen molar-refractivity contribution in [3.8, 4) is 6.07 Å². The molecule has 172 valence electrons. The van der Waals surface area contributed by atoms with Crippen molar-refractivity contribution in [2.75, 3.05) is 12.3 Å². The Morgan fingerprint density at radius 3 is 2.88 bits per heavy atom. The first-order valence-corrected chi connectivity index (χ1v) is 12.1. The van der Waals surface area contributed by atoms with Gasteiger partial charge in [-0.3, -0.25) is 18.9 Å². The van der Waals surface area contributed by atoms with Gasteiger partial charge in [0.15, 0.2) is 22.5 Å². The van der Waals surface area contributed by atoms with Crippen molar-refractivity contribution in [2.45, 2.75) is 35.4 Å². The summed E-state index contributed by atoms with van der Waals surface area (Å²) < 4.78 is 28.5. The number of aliphatic hydroxyl groups excluding tert-OH is 1. The number of H-pyrrole nitrogens is 1. The van der Waals surface area contributed by atoms with Crippen LogP contribution in [0.5, 0.6) is 0 Å². The van der Waals surface area contributed by atoms with Crippen LogP contribution < -0.4 is 16.2 Å². The van der Waals surface area contributed by atoms with Crippen molar-refractivity contribution in [2.24, 2.45) is 0 Å². The van der Waals surface area contributed by atoms with Gasteiger partial charge in [-0.2, -0.15) is 10.2 Å². The van der Waals surface area contributed by atoms with Crippen LogP contribution in [-0.2, 0) is 24.1 Å². The van der Waals surface area contributed by atoms with E-state index in [4.69, 9.17) is 20.3 Å². The molecule has 3 aromatic rings. The van der Waals surface area contributed by atoms with Gasteiger partial charge in [0, 0.05) is 5.75 Å². The molecule has 3 unspecified atom stereocenters. The lowest BCUT2D eigenvalue weighted by Gasteiger charge is -2.34. The lowest BCUT2D eigenvalue weighted by Crippen LogP contribution is -2.41. The van der Waals surface area contributed by atoms with Gasteiger partial charge in [-0.25, -0.2) is 4.98 Å². The van der Waals surface area contributed by atoms with Gasteiger partial charge in [-0.05, 0) is 17.7 Å². The molecule has 0 amide bonds. The number of nitrogen functional groups attached to an aromatic ring is 1.